The van der Waals surface area contributed by atoms with Gasteiger partial charge in [-0.2, -0.15) is 10.2 Å². The number of ether oxygens (including phenoxy) is 15. The van der Waals surface area contributed by atoms with Crippen LogP contribution in [0.3, 0.4) is 0 Å². The quantitative estimate of drug-likeness (QED) is 0.0343. The highest BCUT2D eigenvalue weighted by atomic mass is 16.8. The van der Waals surface area contributed by atoms with E-state index >= 15 is 0 Å². The van der Waals surface area contributed by atoms with Crippen LogP contribution in [0.5, 0.6) is 0 Å². The van der Waals surface area contributed by atoms with E-state index in [0.717, 1.165) is 6.42 Å². The maximum Gasteiger partial charge on any atom is 0.251 e. The minimum Gasteiger partial charge on any atom is -0.394 e. The number of amides is 2. The van der Waals surface area contributed by atoms with Gasteiger partial charge in [-0.1, -0.05) is 0 Å². The first-order chi connectivity index (χ1) is 47.6. The van der Waals surface area contributed by atoms with Crippen LogP contribution in [0.25, 0.3) is 0 Å². The van der Waals surface area contributed by atoms with E-state index < -0.39 is 230 Å². The number of hydrogen-bond acceptors (Lipinski definition) is 37. The van der Waals surface area contributed by atoms with Gasteiger partial charge in [0.2, 0.25) is 0 Å². The second kappa shape index (κ2) is 37.4. The van der Waals surface area contributed by atoms with E-state index in [9.17, 15) is 96.4 Å². The smallest absolute Gasteiger partial charge is 0.251 e. The van der Waals surface area contributed by atoms with Gasteiger partial charge in [-0.3, -0.25) is 9.59 Å². The van der Waals surface area contributed by atoms with Crippen molar-refractivity contribution in [2.24, 2.45) is 16.0 Å². The highest BCUT2D eigenvalue weighted by Gasteiger charge is 2.59. The maximum absolute atomic E-state index is 13.9. The lowest BCUT2D eigenvalue weighted by Gasteiger charge is -2.50. The highest BCUT2D eigenvalue weighted by molar-refractivity contribution is 5.95. The average molecular weight is 1430 g/mol. The van der Waals surface area contributed by atoms with Crippen molar-refractivity contribution in [1.29, 1.82) is 0 Å². The fourth-order valence-corrected chi connectivity index (χ4v) is 11.9. The first-order valence-corrected chi connectivity index (χ1v) is 32.3. The topological polar surface area (TPSA) is 591 Å². The lowest BCUT2D eigenvalue weighted by molar-refractivity contribution is -0.403. The molecule has 2 amide bonds. The minimum absolute atomic E-state index is 0.0191. The molecule has 39 nitrogen and oxygen atoms in total. The van der Waals surface area contributed by atoms with Crippen LogP contribution in [0.15, 0.2) is 58.8 Å². The molecule has 560 valence electrons. The molecule has 0 aromatic heterocycles. The minimum atomic E-state index is -2.25. The van der Waals surface area contributed by atoms with E-state index in [1.807, 2.05) is 0 Å². The molecule has 22 saturated heterocycles. The third-order valence-corrected chi connectivity index (χ3v) is 17.5. The van der Waals surface area contributed by atoms with Gasteiger partial charge in [0.25, 0.3) is 11.8 Å². The number of rotatable bonds is 24. The van der Waals surface area contributed by atoms with Crippen LogP contribution in [-0.2, 0) is 71.1 Å². The normalized spacial score (nSPS) is 40.7. The third kappa shape index (κ3) is 19.2. The van der Waals surface area contributed by atoms with Gasteiger partial charge in [0.15, 0.2) is 37.7 Å². The van der Waals surface area contributed by atoms with Crippen LogP contribution < -0.4 is 16.4 Å². The maximum atomic E-state index is 13.9. The summed E-state index contributed by atoms with van der Waals surface area (Å²) in [7, 11) is 0. The van der Waals surface area contributed by atoms with Crippen molar-refractivity contribution >= 4 is 23.2 Å². The lowest BCUT2D eigenvalue weighted by Crippen LogP contribution is -2.69. The number of nitrogens with zero attached hydrogens (tertiary/aromatic N) is 2. The Morgan fingerprint density at radius 3 is 0.879 bits per heavy atom. The highest BCUT2D eigenvalue weighted by Crippen LogP contribution is 2.38. The molecule has 99 heavy (non-hydrogen) atoms. The Kier molecular flexibility index (Phi) is 29.8. The zero-order chi connectivity index (χ0) is 71.2. The van der Waals surface area contributed by atoms with Crippen LogP contribution in [0, 0.1) is 0 Å². The van der Waals surface area contributed by atoms with Crippen LogP contribution >= 0.6 is 0 Å². The van der Waals surface area contributed by atoms with Gasteiger partial charge in [0.05, 0.1) is 70.8 Å². The average Bonchev–Trinajstić information content (AvgIpc) is 0.778. The van der Waals surface area contributed by atoms with E-state index in [1.165, 1.54) is 24.3 Å². The van der Waals surface area contributed by atoms with E-state index in [1.54, 1.807) is 24.3 Å². The van der Waals surface area contributed by atoms with Crippen molar-refractivity contribution < 1.29 is 167 Å². The van der Waals surface area contributed by atoms with Gasteiger partial charge in [-0.05, 0) is 67.9 Å². The van der Waals surface area contributed by atoms with Gasteiger partial charge in [0, 0.05) is 37.4 Å². The van der Waals surface area contributed by atoms with E-state index in [4.69, 9.17) is 76.8 Å². The number of aliphatic hydroxyl groups excluding tert-OH is 17. The van der Waals surface area contributed by atoms with Crippen molar-refractivity contribution in [2.75, 3.05) is 92.3 Å². The summed E-state index contributed by atoms with van der Waals surface area (Å²) in [6, 6.07) is 11.9. The predicted molar refractivity (Wildman–Crippen MR) is 321 cm³/mol. The predicted octanol–water partition coefficient (Wildman–Crippen LogP) is -9.68. The zero-order valence-corrected chi connectivity index (χ0v) is 53.3. The molecule has 0 spiro atoms. The monoisotopic (exact) mass is 1430 g/mol. The molecule has 22 aliphatic rings. The number of carbonyl (C=O) groups excluding carboxylic acids is 2. The Bertz CT molecular complexity index is 2780. The summed E-state index contributed by atoms with van der Waals surface area (Å²) >= 11 is 0. The standard InChI is InChI=1S/C60H91N5O34/c61-11-1-13-85-15-17-87-18-16-86-14-2-12-62-53(83)25-3-7-27(8-4-25)64-65-28-9-5-26(6-10-28)54(84)63-19-29-47-35(71)41(77)55(88-29)95-48-30(20-66)90-57(43(79)37(48)73)97-50-32(22-68)92-59(45(81)39(50)75)99-52-34(24-70)93-60(46(82)40(52)76)98-51-33(23-69)91-58(44(80)38(51)74)96-49-31(21-67)89-56(94-47)42(78)36(49)72/h3-10,29-52,55-60,66-82H,1-2,11-24,61H2,(H,62,83)(H,63,84)/t29-,30-,31-,32-,33-,34-,35-,36-,37-,38-,39-,40-,41-,42-,43-,44-,45-,46-,47-,48-,49-,50-,51-,52-,55-,56-,57-,58-,59-,60-/m1/s1. The molecule has 0 aliphatic carbocycles. The Labute approximate surface area is 564 Å². The summed E-state index contributed by atoms with van der Waals surface area (Å²) in [6.07, 6.45) is -59.2. The molecular formula is C60H91N5O34. The first kappa shape index (κ1) is 78.8. The second-order valence-corrected chi connectivity index (χ2v) is 24.3. The Morgan fingerprint density at radius 1 is 0.343 bits per heavy atom. The van der Waals surface area contributed by atoms with Crippen molar-refractivity contribution in [1.82, 2.24) is 10.6 Å². The van der Waals surface area contributed by atoms with Crippen molar-refractivity contribution in [3.8, 4) is 0 Å². The number of carbonyl (C=O) groups is 2. The van der Waals surface area contributed by atoms with Gasteiger partial charge in [0.1, 0.15) is 146 Å². The summed E-state index contributed by atoms with van der Waals surface area (Å²) in [5.74, 6) is -1.11. The molecule has 22 aliphatic heterocycles. The number of aliphatic hydroxyl groups is 17. The molecule has 0 saturated carbocycles. The van der Waals surface area contributed by atoms with Crippen molar-refractivity contribution in [2.45, 2.75) is 197 Å². The molecule has 24 rings (SSSR count). The molecule has 22 fully saturated rings. The van der Waals surface area contributed by atoms with Gasteiger partial charge in [-0.25, -0.2) is 0 Å². The third-order valence-electron chi connectivity index (χ3n) is 17.5. The zero-order valence-electron chi connectivity index (χ0n) is 53.3. The Balaban J connectivity index is 0.892. The summed E-state index contributed by atoms with van der Waals surface area (Å²) in [6.45, 7) is -2.24. The molecule has 0 radical (unpaired) electrons. The lowest BCUT2D eigenvalue weighted by atomic mass is 9.94. The van der Waals surface area contributed by atoms with Crippen LogP contribution in [0.2, 0.25) is 0 Å². The summed E-state index contributed by atoms with van der Waals surface area (Å²) < 4.78 is 86.3. The number of benzene rings is 2. The van der Waals surface area contributed by atoms with E-state index in [-0.39, 0.29) is 17.2 Å². The number of azo groups is 1. The molecule has 2 aromatic carbocycles. The van der Waals surface area contributed by atoms with Gasteiger partial charge in [-0.15, -0.1) is 0 Å². The van der Waals surface area contributed by atoms with Crippen LogP contribution in [0.4, 0.5) is 11.4 Å². The Hall–Kier alpha value is -4.34. The van der Waals surface area contributed by atoms with E-state index in [0.29, 0.717) is 70.4 Å². The first-order valence-electron chi connectivity index (χ1n) is 32.3. The molecule has 2 aromatic rings. The van der Waals surface area contributed by atoms with Crippen molar-refractivity contribution in [3.05, 3.63) is 59.7 Å². The SMILES string of the molecule is NCCCOCCOCCOCCCNC(=O)c1ccc(N=Nc2ccc(C(=O)NC[C@H]3O[C@@H]4O[C@H]5[C@H](O)[C@@H](O)[C@@H](O[C@H]6[C@H](O)[C@@H](O)[C@@H](O[C@H]7[C@H](O)[C@@H](O)[C@@H](O[C@H]8[C@H](O)[C@@H](O)[C@@H](O[C@H]9[C@H](O)[C@@H](O)[C@@H](O[C@H]3[C@H](O)[C@H]4O)O[C@@H]9CO)O[C@@H]8CO)O[C@@H]7CO)O[C@@H]6CO)O[C@@H]5CO)cc2)cc1. The summed E-state index contributed by atoms with van der Waals surface area (Å²) in [4.78, 5) is 26.6. The summed E-state index contributed by atoms with van der Waals surface area (Å²) in [5, 5.41) is 205. The largest absolute Gasteiger partial charge is 0.394 e. The number of hydrogen-bond donors (Lipinski definition) is 20. The molecule has 12 bridgehead atoms. The van der Waals surface area contributed by atoms with E-state index in [2.05, 4.69) is 20.9 Å². The molecule has 0 unspecified atom stereocenters. The van der Waals surface area contributed by atoms with Crippen LogP contribution in [-0.4, -0.2) is 375 Å². The molecule has 22 heterocycles. The number of nitrogens with one attached hydrogen (secondary N) is 2. The molecular weight excluding hydrogens is 1330 g/mol. The molecule has 21 N–H and O–H groups in total. The second-order valence-electron chi connectivity index (χ2n) is 24.3. The fraction of sp³-hybridized carbons (Fsp3) is 0.767. The molecule has 30 atom stereocenters. The fourth-order valence-electron chi connectivity index (χ4n) is 11.9. The summed E-state index contributed by atoms with van der Waals surface area (Å²) in [5.41, 5.74) is 6.50. The van der Waals surface area contributed by atoms with Gasteiger partial charge >= 0.3 is 0 Å². The van der Waals surface area contributed by atoms with Crippen molar-refractivity contribution in [3.63, 3.8) is 0 Å². The Morgan fingerprint density at radius 2 is 0.596 bits per heavy atom. The van der Waals surface area contributed by atoms with Crippen LogP contribution in [0.1, 0.15) is 33.6 Å². The molecule has 39 heteroatoms. The number of nitrogens with two attached hydrogens (primary N) is 1. The van der Waals surface area contributed by atoms with Gasteiger partial charge < -0.3 is 174 Å².